The summed E-state index contributed by atoms with van der Waals surface area (Å²) >= 11 is 0. The van der Waals surface area contributed by atoms with Crippen LogP contribution in [0, 0.1) is 12.7 Å². The topological polar surface area (TPSA) is 15.3 Å². The summed E-state index contributed by atoms with van der Waals surface area (Å²) in [7, 11) is 0. The van der Waals surface area contributed by atoms with E-state index < -0.39 is 0 Å². The van der Waals surface area contributed by atoms with Gasteiger partial charge >= 0.3 is 0 Å². The van der Waals surface area contributed by atoms with E-state index in [1.54, 1.807) is 6.07 Å². The lowest BCUT2D eigenvalue weighted by Crippen LogP contribution is -2.37. The molecule has 0 amide bonds. The molecule has 1 aromatic rings. The van der Waals surface area contributed by atoms with Crippen LogP contribution >= 0.6 is 0 Å². The van der Waals surface area contributed by atoms with E-state index in [0.29, 0.717) is 12.1 Å². The third kappa shape index (κ3) is 2.97. The molecule has 0 aliphatic carbocycles. The second kappa shape index (κ2) is 5.05. The maximum atomic E-state index is 13.7. The van der Waals surface area contributed by atoms with Crippen molar-refractivity contribution in [2.45, 2.75) is 39.3 Å². The van der Waals surface area contributed by atoms with Crippen molar-refractivity contribution in [3.63, 3.8) is 0 Å². The summed E-state index contributed by atoms with van der Waals surface area (Å²) < 4.78 is 13.7. The highest BCUT2D eigenvalue weighted by Crippen LogP contribution is 2.24. The van der Waals surface area contributed by atoms with Gasteiger partial charge in [0.2, 0.25) is 0 Å². The molecule has 0 saturated carbocycles. The quantitative estimate of drug-likeness (QED) is 0.868. The summed E-state index contributed by atoms with van der Waals surface area (Å²) in [6.45, 7) is 8.14. The molecule has 2 rings (SSSR count). The number of benzene rings is 1. The van der Waals surface area contributed by atoms with Crippen LogP contribution in [0.25, 0.3) is 0 Å². The van der Waals surface area contributed by atoms with Gasteiger partial charge in [-0.3, -0.25) is 0 Å². The summed E-state index contributed by atoms with van der Waals surface area (Å²) in [5, 5.41) is 3.51. The number of aryl methyl sites for hydroxylation is 1. The molecule has 1 unspecified atom stereocenters. The number of hydrogen-bond acceptors (Lipinski definition) is 2. The zero-order valence-corrected chi connectivity index (χ0v) is 10.8. The second-order valence-corrected chi connectivity index (χ2v) is 5.21. The van der Waals surface area contributed by atoms with E-state index in [9.17, 15) is 4.39 Å². The highest BCUT2D eigenvalue weighted by atomic mass is 19.1. The van der Waals surface area contributed by atoms with Gasteiger partial charge < -0.3 is 10.2 Å². The van der Waals surface area contributed by atoms with Crippen LogP contribution in [0.1, 0.15) is 25.8 Å². The van der Waals surface area contributed by atoms with Crippen LogP contribution in [0.2, 0.25) is 0 Å². The second-order valence-electron chi connectivity index (χ2n) is 5.21. The number of nitrogens with zero attached hydrogens (tertiary/aromatic N) is 1. The van der Waals surface area contributed by atoms with Crippen LogP contribution in [-0.4, -0.2) is 25.2 Å². The molecule has 0 spiro atoms. The molecule has 1 atom stereocenters. The molecule has 1 N–H and O–H groups in total. The fraction of sp³-hybridized carbons (Fsp3) is 0.571. The Labute approximate surface area is 103 Å². The highest BCUT2D eigenvalue weighted by molar-refractivity contribution is 5.51. The van der Waals surface area contributed by atoms with Gasteiger partial charge in [-0.25, -0.2) is 4.39 Å². The minimum absolute atomic E-state index is 0.110. The van der Waals surface area contributed by atoms with Crippen molar-refractivity contribution in [2.24, 2.45) is 0 Å². The Morgan fingerprint density at radius 2 is 2.18 bits per heavy atom. The van der Waals surface area contributed by atoms with Crippen molar-refractivity contribution in [2.75, 3.05) is 18.0 Å². The van der Waals surface area contributed by atoms with E-state index in [4.69, 9.17) is 0 Å². The van der Waals surface area contributed by atoms with Crippen LogP contribution < -0.4 is 10.2 Å². The Balaban J connectivity index is 2.07. The SMILES string of the molecule is Cc1ccc(F)c(N2CCC(NC(C)C)C2)c1. The van der Waals surface area contributed by atoms with E-state index in [2.05, 4.69) is 24.1 Å². The maximum Gasteiger partial charge on any atom is 0.146 e. The van der Waals surface area contributed by atoms with Gasteiger partial charge in [0.05, 0.1) is 5.69 Å². The first-order valence-corrected chi connectivity index (χ1v) is 6.33. The predicted octanol–water partition coefficient (Wildman–Crippen LogP) is 2.71. The fourth-order valence-corrected chi connectivity index (χ4v) is 2.45. The molecule has 0 bridgehead atoms. The van der Waals surface area contributed by atoms with E-state index in [0.717, 1.165) is 30.8 Å². The zero-order chi connectivity index (χ0) is 12.4. The molecule has 1 fully saturated rings. The van der Waals surface area contributed by atoms with Crippen molar-refractivity contribution in [1.29, 1.82) is 0 Å². The van der Waals surface area contributed by atoms with Gasteiger partial charge in [0, 0.05) is 25.2 Å². The van der Waals surface area contributed by atoms with Crippen LogP contribution in [-0.2, 0) is 0 Å². The van der Waals surface area contributed by atoms with Crippen molar-refractivity contribution < 1.29 is 4.39 Å². The molecule has 2 nitrogen and oxygen atoms in total. The van der Waals surface area contributed by atoms with Crippen LogP contribution in [0.3, 0.4) is 0 Å². The largest absolute Gasteiger partial charge is 0.368 e. The molecule has 1 aliphatic rings. The monoisotopic (exact) mass is 236 g/mol. The average Bonchev–Trinajstić information content (AvgIpc) is 2.69. The van der Waals surface area contributed by atoms with Crippen LogP contribution in [0.15, 0.2) is 18.2 Å². The molecular formula is C14H21FN2. The fourth-order valence-electron chi connectivity index (χ4n) is 2.45. The summed E-state index contributed by atoms with van der Waals surface area (Å²) in [5.41, 5.74) is 1.86. The van der Waals surface area contributed by atoms with Crippen molar-refractivity contribution >= 4 is 5.69 Å². The standard InChI is InChI=1S/C14H21FN2/c1-10(2)16-12-6-7-17(9-12)14-8-11(3)4-5-13(14)15/h4-5,8,10,12,16H,6-7,9H2,1-3H3. The Kier molecular flexibility index (Phi) is 3.67. The summed E-state index contributed by atoms with van der Waals surface area (Å²) in [4.78, 5) is 2.14. The Bertz CT molecular complexity index is 390. The molecule has 0 aromatic heterocycles. The predicted molar refractivity (Wildman–Crippen MR) is 70.0 cm³/mol. The van der Waals surface area contributed by atoms with Gasteiger partial charge in [-0.15, -0.1) is 0 Å². The van der Waals surface area contributed by atoms with Crippen LogP contribution in [0.4, 0.5) is 10.1 Å². The third-order valence-electron chi connectivity index (χ3n) is 3.20. The van der Waals surface area contributed by atoms with Gasteiger partial charge in [0.1, 0.15) is 5.82 Å². The zero-order valence-electron chi connectivity index (χ0n) is 10.8. The molecule has 0 radical (unpaired) electrons. The summed E-state index contributed by atoms with van der Waals surface area (Å²) in [6.07, 6.45) is 1.09. The normalized spacial score (nSPS) is 20.3. The summed E-state index contributed by atoms with van der Waals surface area (Å²) in [6, 6.07) is 6.29. The molecule has 1 saturated heterocycles. The van der Waals surface area contributed by atoms with E-state index >= 15 is 0 Å². The molecule has 1 aromatic carbocycles. The number of halogens is 1. The smallest absolute Gasteiger partial charge is 0.146 e. The number of anilines is 1. The Morgan fingerprint density at radius 3 is 2.88 bits per heavy atom. The van der Waals surface area contributed by atoms with Gasteiger partial charge in [-0.05, 0) is 31.0 Å². The lowest BCUT2D eigenvalue weighted by Gasteiger charge is -2.21. The van der Waals surface area contributed by atoms with Crippen molar-refractivity contribution in [3.8, 4) is 0 Å². The van der Waals surface area contributed by atoms with E-state index in [1.165, 1.54) is 0 Å². The molecule has 94 valence electrons. The molecule has 1 heterocycles. The molecule has 17 heavy (non-hydrogen) atoms. The lowest BCUT2D eigenvalue weighted by molar-refractivity contribution is 0.491. The Hall–Kier alpha value is -1.09. The highest BCUT2D eigenvalue weighted by Gasteiger charge is 2.24. The van der Waals surface area contributed by atoms with Gasteiger partial charge in [-0.2, -0.15) is 0 Å². The maximum absolute atomic E-state index is 13.7. The third-order valence-corrected chi connectivity index (χ3v) is 3.20. The number of rotatable bonds is 3. The molecule has 1 aliphatic heterocycles. The minimum Gasteiger partial charge on any atom is -0.368 e. The van der Waals surface area contributed by atoms with E-state index in [-0.39, 0.29) is 5.82 Å². The molecule has 3 heteroatoms. The summed E-state index contributed by atoms with van der Waals surface area (Å²) in [5.74, 6) is -0.110. The first-order chi connectivity index (χ1) is 8.06. The lowest BCUT2D eigenvalue weighted by atomic mass is 10.2. The first kappa shape index (κ1) is 12.4. The first-order valence-electron chi connectivity index (χ1n) is 6.33. The minimum atomic E-state index is -0.110. The van der Waals surface area contributed by atoms with Crippen molar-refractivity contribution in [3.05, 3.63) is 29.6 Å². The average molecular weight is 236 g/mol. The van der Waals surface area contributed by atoms with Gasteiger partial charge in [0.25, 0.3) is 0 Å². The number of hydrogen-bond donors (Lipinski definition) is 1. The van der Waals surface area contributed by atoms with Crippen LogP contribution in [0.5, 0.6) is 0 Å². The number of nitrogens with one attached hydrogen (secondary N) is 1. The van der Waals surface area contributed by atoms with Gasteiger partial charge in [0.15, 0.2) is 0 Å². The Morgan fingerprint density at radius 1 is 1.41 bits per heavy atom. The molecular weight excluding hydrogens is 215 g/mol. The van der Waals surface area contributed by atoms with Gasteiger partial charge in [-0.1, -0.05) is 19.9 Å². The van der Waals surface area contributed by atoms with E-state index in [1.807, 2.05) is 19.1 Å². The van der Waals surface area contributed by atoms with Crippen molar-refractivity contribution in [1.82, 2.24) is 5.32 Å².